The van der Waals surface area contributed by atoms with Crippen LogP contribution in [0.25, 0.3) is 0 Å². The Morgan fingerprint density at radius 2 is 2.09 bits per heavy atom. The Labute approximate surface area is 130 Å². The fourth-order valence-electron chi connectivity index (χ4n) is 3.10. The third-order valence-corrected chi connectivity index (χ3v) is 4.43. The molecule has 0 aromatic carbocycles. The van der Waals surface area contributed by atoms with Crippen LogP contribution < -0.4 is 10.6 Å². The Hall–Kier alpha value is -2.11. The number of aryl methyl sites for hydroxylation is 2. The standard InChI is InChI=1S/C16H23N3O3/c1-4-5-11-7-19(8-13(11)16(21)22)15-12(14(17)20)6-9(2)10(3)18-15/h6,11,13H,4-5,7-8H2,1-3H3,(H2,17,20)(H,21,22)/t11-,13-/m1/s1. The van der Waals surface area contributed by atoms with Crippen molar-refractivity contribution >= 4 is 17.7 Å². The molecule has 0 aliphatic carbocycles. The molecule has 120 valence electrons. The highest BCUT2D eigenvalue weighted by Crippen LogP contribution is 2.32. The van der Waals surface area contributed by atoms with Crippen molar-refractivity contribution in [3.63, 3.8) is 0 Å². The first-order valence-electron chi connectivity index (χ1n) is 7.61. The Morgan fingerprint density at radius 3 is 2.64 bits per heavy atom. The lowest BCUT2D eigenvalue weighted by atomic mass is 9.92. The normalized spacial score (nSPS) is 21.1. The summed E-state index contributed by atoms with van der Waals surface area (Å²) >= 11 is 0. The third kappa shape index (κ3) is 3.05. The molecule has 1 amide bonds. The zero-order valence-corrected chi connectivity index (χ0v) is 13.3. The summed E-state index contributed by atoms with van der Waals surface area (Å²) in [5, 5.41) is 9.41. The number of carboxylic acids is 1. The molecule has 1 aromatic rings. The molecule has 1 fully saturated rings. The highest BCUT2D eigenvalue weighted by molar-refractivity contribution is 5.98. The summed E-state index contributed by atoms with van der Waals surface area (Å²) in [6, 6.07) is 1.74. The predicted octanol–water partition coefficient (Wildman–Crippen LogP) is 1.73. The van der Waals surface area contributed by atoms with Crippen LogP contribution in [0.15, 0.2) is 6.07 Å². The number of nitrogens with zero attached hydrogens (tertiary/aromatic N) is 2. The number of nitrogens with two attached hydrogens (primary N) is 1. The van der Waals surface area contributed by atoms with Crippen LogP contribution in [-0.4, -0.2) is 35.1 Å². The molecule has 1 aliphatic heterocycles. The summed E-state index contributed by atoms with van der Waals surface area (Å²) in [6.07, 6.45) is 1.79. The van der Waals surface area contributed by atoms with E-state index in [1.54, 1.807) is 6.07 Å². The van der Waals surface area contributed by atoms with E-state index in [0.29, 0.717) is 24.5 Å². The van der Waals surface area contributed by atoms with Crippen LogP contribution in [0.4, 0.5) is 5.82 Å². The van der Waals surface area contributed by atoms with E-state index in [9.17, 15) is 14.7 Å². The molecule has 0 bridgehead atoms. The maximum Gasteiger partial charge on any atom is 0.308 e. The number of rotatable bonds is 5. The topological polar surface area (TPSA) is 96.5 Å². The third-order valence-electron chi connectivity index (χ3n) is 4.43. The number of pyridine rings is 1. The zero-order chi connectivity index (χ0) is 16.4. The highest BCUT2D eigenvalue weighted by atomic mass is 16.4. The number of aromatic nitrogens is 1. The van der Waals surface area contributed by atoms with E-state index in [1.807, 2.05) is 25.7 Å². The van der Waals surface area contributed by atoms with Gasteiger partial charge in [0.2, 0.25) is 0 Å². The molecule has 0 saturated carbocycles. The van der Waals surface area contributed by atoms with Gasteiger partial charge in [0.25, 0.3) is 5.91 Å². The van der Waals surface area contributed by atoms with Crippen molar-refractivity contribution in [2.75, 3.05) is 18.0 Å². The van der Waals surface area contributed by atoms with Crippen LogP contribution >= 0.6 is 0 Å². The number of carbonyl (C=O) groups excluding carboxylic acids is 1. The molecule has 0 unspecified atom stereocenters. The van der Waals surface area contributed by atoms with Crippen molar-refractivity contribution in [3.05, 3.63) is 22.9 Å². The first kappa shape index (κ1) is 16.3. The number of anilines is 1. The van der Waals surface area contributed by atoms with Crippen LogP contribution in [0, 0.1) is 25.7 Å². The average molecular weight is 305 g/mol. The van der Waals surface area contributed by atoms with Crippen molar-refractivity contribution in [2.24, 2.45) is 17.6 Å². The summed E-state index contributed by atoms with van der Waals surface area (Å²) < 4.78 is 0. The van der Waals surface area contributed by atoms with Crippen molar-refractivity contribution < 1.29 is 14.7 Å². The number of hydrogen-bond acceptors (Lipinski definition) is 4. The number of aliphatic carboxylic acids is 1. The summed E-state index contributed by atoms with van der Waals surface area (Å²) in [5.41, 5.74) is 7.56. The van der Waals surface area contributed by atoms with Crippen molar-refractivity contribution in [1.82, 2.24) is 4.98 Å². The van der Waals surface area contributed by atoms with Gasteiger partial charge in [0.1, 0.15) is 5.82 Å². The highest BCUT2D eigenvalue weighted by Gasteiger charge is 2.38. The summed E-state index contributed by atoms with van der Waals surface area (Å²) in [6.45, 7) is 6.77. The molecular weight excluding hydrogens is 282 g/mol. The lowest BCUT2D eigenvalue weighted by Crippen LogP contribution is -2.27. The van der Waals surface area contributed by atoms with E-state index in [-0.39, 0.29) is 5.92 Å². The average Bonchev–Trinajstić information content (AvgIpc) is 2.85. The van der Waals surface area contributed by atoms with Crippen LogP contribution in [0.5, 0.6) is 0 Å². The second-order valence-corrected chi connectivity index (χ2v) is 6.02. The lowest BCUT2D eigenvalue weighted by molar-refractivity contribution is -0.142. The van der Waals surface area contributed by atoms with Gasteiger partial charge in [0.05, 0.1) is 11.5 Å². The second kappa shape index (κ2) is 6.34. The fraction of sp³-hybridized carbons (Fsp3) is 0.562. The van der Waals surface area contributed by atoms with Crippen LogP contribution in [0.1, 0.15) is 41.4 Å². The van der Waals surface area contributed by atoms with E-state index >= 15 is 0 Å². The molecule has 0 spiro atoms. The number of hydrogen-bond donors (Lipinski definition) is 2. The fourth-order valence-corrected chi connectivity index (χ4v) is 3.10. The number of carbonyl (C=O) groups is 2. The molecule has 1 saturated heterocycles. The Bertz CT molecular complexity index is 601. The van der Waals surface area contributed by atoms with Gasteiger partial charge >= 0.3 is 5.97 Å². The Morgan fingerprint density at radius 1 is 1.41 bits per heavy atom. The quantitative estimate of drug-likeness (QED) is 0.863. The smallest absolute Gasteiger partial charge is 0.308 e. The molecule has 2 rings (SSSR count). The summed E-state index contributed by atoms with van der Waals surface area (Å²) in [5.74, 6) is -1.15. The molecule has 6 heteroatoms. The largest absolute Gasteiger partial charge is 0.481 e. The summed E-state index contributed by atoms with van der Waals surface area (Å²) in [4.78, 5) is 29.6. The maximum atomic E-state index is 11.7. The van der Waals surface area contributed by atoms with Crippen molar-refractivity contribution in [2.45, 2.75) is 33.6 Å². The van der Waals surface area contributed by atoms with Crippen molar-refractivity contribution in [3.8, 4) is 0 Å². The van der Waals surface area contributed by atoms with Gasteiger partial charge in [-0.05, 0) is 37.8 Å². The van der Waals surface area contributed by atoms with E-state index < -0.39 is 17.8 Å². The lowest BCUT2D eigenvalue weighted by Gasteiger charge is -2.21. The molecule has 1 aromatic heterocycles. The predicted molar refractivity (Wildman–Crippen MR) is 84.0 cm³/mol. The van der Waals surface area contributed by atoms with Gasteiger partial charge in [-0.2, -0.15) is 0 Å². The minimum absolute atomic E-state index is 0.0756. The molecule has 1 aliphatic rings. The molecule has 2 heterocycles. The first-order chi connectivity index (χ1) is 10.3. The zero-order valence-electron chi connectivity index (χ0n) is 13.3. The first-order valence-corrected chi connectivity index (χ1v) is 7.61. The van der Waals surface area contributed by atoms with Crippen LogP contribution in [0.2, 0.25) is 0 Å². The molecule has 22 heavy (non-hydrogen) atoms. The number of carboxylic acid groups (broad SMARTS) is 1. The van der Waals surface area contributed by atoms with Gasteiger partial charge in [-0.1, -0.05) is 13.3 Å². The van der Waals surface area contributed by atoms with Gasteiger partial charge in [-0.15, -0.1) is 0 Å². The molecule has 6 nitrogen and oxygen atoms in total. The molecule has 0 radical (unpaired) electrons. The maximum absolute atomic E-state index is 11.7. The van der Waals surface area contributed by atoms with E-state index in [2.05, 4.69) is 4.98 Å². The van der Waals surface area contributed by atoms with Gasteiger partial charge in [0, 0.05) is 18.8 Å². The van der Waals surface area contributed by atoms with Gasteiger partial charge in [-0.3, -0.25) is 9.59 Å². The SMILES string of the molecule is CCC[C@@H]1CN(c2nc(C)c(C)cc2C(N)=O)C[C@H]1C(=O)O. The van der Waals surface area contributed by atoms with E-state index in [0.717, 1.165) is 24.1 Å². The van der Waals surface area contributed by atoms with Gasteiger partial charge in [0.15, 0.2) is 0 Å². The summed E-state index contributed by atoms with van der Waals surface area (Å²) in [7, 11) is 0. The molecular formula is C16H23N3O3. The Balaban J connectivity index is 2.38. The van der Waals surface area contributed by atoms with E-state index in [4.69, 9.17) is 5.73 Å². The van der Waals surface area contributed by atoms with Crippen LogP contribution in [0.3, 0.4) is 0 Å². The second-order valence-electron chi connectivity index (χ2n) is 6.02. The van der Waals surface area contributed by atoms with Gasteiger partial charge < -0.3 is 15.7 Å². The molecule has 3 N–H and O–H groups in total. The van der Waals surface area contributed by atoms with Crippen molar-refractivity contribution in [1.29, 1.82) is 0 Å². The minimum Gasteiger partial charge on any atom is -0.481 e. The van der Waals surface area contributed by atoms with Gasteiger partial charge in [-0.25, -0.2) is 4.98 Å². The van der Waals surface area contributed by atoms with Crippen LogP contribution in [-0.2, 0) is 4.79 Å². The minimum atomic E-state index is -0.787. The number of primary amides is 1. The molecule has 2 atom stereocenters. The monoisotopic (exact) mass is 305 g/mol. The number of amides is 1. The Kier molecular flexibility index (Phi) is 4.68. The van der Waals surface area contributed by atoms with E-state index in [1.165, 1.54) is 0 Å².